The number of carbonyl (C=O) groups is 1. The number of hydrogen-bond donors (Lipinski definition) is 2. The lowest BCUT2D eigenvalue weighted by atomic mass is 10.2. The number of sulfonamides is 1. The number of fused-ring (bicyclic) bond motifs is 1. The lowest BCUT2D eigenvalue weighted by Crippen LogP contribution is -2.25. The largest absolute Gasteiger partial charge is 0.322 e. The van der Waals surface area contributed by atoms with Crippen molar-refractivity contribution >= 4 is 43.2 Å². The summed E-state index contributed by atoms with van der Waals surface area (Å²) in [6.45, 7) is 0. The van der Waals surface area contributed by atoms with Crippen LogP contribution >= 0.6 is 11.3 Å². The van der Waals surface area contributed by atoms with Gasteiger partial charge in [0.05, 0.1) is 15.1 Å². The zero-order chi connectivity index (χ0) is 21.4. The summed E-state index contributed by atoms with van der Waals surface area (Å²) >= 11 is 1.60. The van der Waals surface area contributed by atoms with E-state index >= 15 is 0 Å². The van der Waals surface area contributed by atoms with Crippen LogP contribution < -0.4 is 10.0 Å². The third kappa shape index (κ3) is 4.36. The van der Waals surface area contributed by atoms with Gasteiger partial charge in [-0.1, -0.05) is 24.3 Å². The van der Waals surface area contributed by atoms with Crippen LogP contribution in [0.15, 0.2) is 77.7 Å². The Kier molecular flexibility index (Phi) is 5.05. The van der Waals surface area contributed by atoms with Crippen molar-refractivity contribution in [3.63, 3.8) is 0 Å². The van der Waals surface area contributed by atoms with Gasteiger partial charge in [0.1, 0.15) is 5.01 Å². The highest BCUT2D eigenvalue weighted by Gasteiger charge is 2.28. The van der Waals surface area contributed by atoms with Gasteiger partial charge >= 0.3 is 0 Å². The molecule has 6 nitrogen and oxygen atoms in total. The lowest BCUT2D eigenvalue weighted by Gasteiger charge is -2.08. The average Bonchev–Trinajstić information content (AvgIpc) is 3.47. The van der Waals surface area contributed by atoms with Gasteiger partial charge in [0.15, 0.2) is 0 Å². The predicted octanol–water partition coefficient (Wildman–Crippen LogP) is 4.66. The standard InChI is InChI=1S/C23H19N3O3S2/c27-22(15-8-12-19(13-9-15)31(28,29)26-17-10-11-17)24-18-5-3-4-16(14-18)23-25-20-6-1-2-7-21(20)30-23/h1-9,12-14,17,26H,10-11H2,(H,24,27). The molecule has 0 bridgehead atoms. The third-order valence-electron chi connectivity index (χ3n) is 4.99. The van der Waals surface area contributed by atoms with Crippen LogP contribution in [0.2, 0.25) is 0 Å². The van der Waals surface area contributed by atoms with Gasteiger partial charge in [0.2, 0.25) is 10.0 Å². The summed E-state index contributed by atoms with van der Waals surface area (Å²) in [7, 11) is -3.53. The summed E-state index contributed by atoms with van der Waals surface area (Å²) in [5.74, 6) is -0.305. The molecule has 1 amide bonds. The van der Waals surface area contributed by atoms with Crippen LogP contribution in [0.3, 0.4) is 0 Å². The van der Waals surface area contributed by atoms with Crippen molar-refractivity contribution in [3.8, 4) is 10.6 Å². The van der Waals surface area contributed by atoms with Crippen molar-refractivity contribution in [2.75, 3.05) is 5.32 Å². The number of nitrogens with zero attached hydrogens (tertiary/aromatic N) is 1. The molecule has 1 aromatic heterocycles. The number of rotatable bonds is 6. The van der Waals surface area contributed by atoms with E-state index in [2.05, 4.69) is 15.0 Å². The number of para-hydroxylation sites is 1. The van der Waals surface area contributed by atoms with E-state index in [0.29, 0.717) is 11.3 Å². The molecule has 0 unspecified atom stereocenters. The fraction of sp³-hybridized carbons (Fsp3) is 0.130. The Morgan fingerprint density at radius 3 is 2.48 bits per heavy atom. The van der Waals surface area contributed by atoms with E-state index in [0.717, 1.165) is 33.6 Å². The zero-order valence-electron chi connectivity index (χ0n) is 16.4. The molecule has 0 atom stereocenters. The van der Waals surface area contributed by atoms with Gasteiger partial charge in [-0.25, -0.2) is 18.1 Å². The maximum atomic E-state index is 12.7. The minimum Gasteiger partial charge on any atom is -0.322 e. The van der Waals surface area contributed by atoms with Crippen molar-refractivity contribution in [1.82, 2.24) is 9.71 Å². The number of hydrogen-bond acceptors (Lipinski definition) is 5. The van der Waals surface area contributed by atoms with Crippen LogP contribution in [0.1, 0.15) is 23.2 Å². The molecular formula is C23H19N3O3S2. The highest BCUT2D eigenvalue weighted by Crippen LogP contribution is 2.31. The highest BCUT2D eigenvalue weighted by molar-refractivity contribution is 7.89. The van der Waals surface area contributed by atoms with Gasteiger partial charge in [0.25, 0.3) is 5.91 Å². The number of carbonyl (C=O) groups excluding carboxylic acids is 1. The summed E-state index contributed by atoms with van der Waals surface area (Å²) < 4.78 is 28.3. The molecule has 0 spiro atoms. The molecule has 0 saturated heterocycles. The molecule has 1 heterocycles. The smallest absolute Gasteiger partial charge is 0.255 e. The minimum atomic E-state index is -3.53. The Balaban J connectivity index is 1.33. The Labute approximate surface area is 184 Å². The van der Waals surface area contributed by atoms with E-state index < -0.39 is 10.0 Å². The van der Waals surface area contributed by atoms with Crippen LogP contribution in [-0.2, 0) is 10.0 Å². The summed E-state index contributed by atoms with van der Waals surface area (Å²) in [6.07, 6.45) is 1.74. The van der Waals surface area contributed by atoms with Gasteiger partial charge in [-0.3, -0.25) is 4.79 Å². The van der Waals surface area contributed by atoms with Gasteiger partial charge in [-0.05, 0) is 61.4 Å². The summed E-state index contributed by atoms with van der Waals surface area (Å²) in [6, 6.07) is 21.5. The maximum absolute atomic E-state index is 12.7. The number of nitrogens with one attached hydrogen (secondary N) is 2. The normalized spacial score (nSPS) is 13.9. The van der Waals surface area contributed by atoms with Crippen LogP contribution in [0, 0.1) is 0 Å². The number of benzene rings is 3. The van der Waals surface area contributed by atoms with Gasteiger partial charge in [0, 0.05) is 22.9 Å². The Morgan fingerprint density at radius 1 is 0.968 bits per heavy atom. The van der Waals surface area contributed by atoms with Crippen molar-refractivity contribution in [3.05, 3.63) is 78.4 Å². The molecule has 5 rings (SSSR count). The first-order chi connectivity index (χ1) is 15.0. The summed E-state index contributed by atoms with van der Waals surface area (Å²) in [5.41, 5.74) is 2.90. The van der Waals surface area contributed by atoms with Crippen molar-refractivity contribution < 1.29 is 13.2 Å². The Morgan fingerprint density at radius 2 is 1.74 bits per heavy atom. The molecule has 1 saturated carbocycles. The number of aromatic nitrogens is 1. The first-order valence-electron chi connectivity index (χ1n) is 9.88. The third-order valence-corrected chi connectivity index (χ3v) is 7.61. The molecule has 1 fully saturated rings. The molecule has 156 valence electrons. The van der Waals surface area contributed by atoms with Crippen LogP contribution in [0.25, 0.3) is 20.8 Å². The quantitative estimate of drug-likeness (QED) is 0.448. The molecule has 8 heteroatoms. The molecular weight excluding hydrogens is 430 g/mol. The van der Waals surface area contributed by atoms with E-state index in [1.54, 1.807) is 11.3 Å². The Hall–Kier alpha value is -3.07. The summed E-state index contributed by atoms with van der Waals surface area (Å²) in [5, 5.41) is 3.76. The van der Waals surface area contributed by atoms with E-state index in [9.17, 15) is 13.2 Å². The second kappa shape index (κ2) is 7.88. The molecule has 0 aliphatic heterocycles. The van der Waals surface area contributed by atoms with Gasteiger partial charge in [-0.2, -0.15) is 0 Å². The molecule has 0 radical (unpaired) electrons. The monoisotopic (exact) mass is 449 g/mol. The van der Waals surface area contributed by atoms with Crippen LogP contribution in [-0.4, -0.2) is 25.4 Å². The molecule has 1 aliphatic carbocycles. The molecule has 4 aromatic rings. The van der Waals surface area contributed by atoms with E-state index in [1.807, 2.05) is 48.5 Å². The maximum Gasteiger partial charge on any atom is 0.255 e. The zero-order valence-corrected chi connectivity index (χ0v) is 18.0. The lowest BCUT2D eigenvalue weighted by molar-refractivity contribution is 0.102. The number of anilines is 1. The topological polar surface area (TPSA) is 88.2 Å². The summed E-state index contributed by atoms with van der Waals surface area (Å²) in [4.78, 5) is 17.5. The van der Waals surface area contributed by atoms with Crippen LogP contribution in [0.5, 0.6) is 0 Å². The first-order valence-corrected chi connectivity index (χ1v) is 12.2. The second-order valence-electron chi connectivity index (χ2n) is 7.44. The molecule has 1 aliphatic rings. The molecule has 3 aromatic carbocycles. The molecule has 31 heavy (non-hydrogen) atoms. The predicted molar refractivity (Wildman–Crippen MR) is 123 cm³/mol. The SMILES string of the molecule is O=C(Nc1cccc(-c2nc3ccccc3s2)c1)c1ccc(S(=O)(=O)NC2CC2)cc1. The fourth-order valence-electron chi connectivity index (χ4n) is 3.20. The van der Waals surface area contributed by atoms with Gasteiger partial charge < -0.3 is 5.32 Å². The van der Waals surface area contributed by atoms with Crippen molar-refractivity contribution in [1.29, 1.82) is 0 Å². The average molecular weight is 450 g/mol. The minimum absolute atomic E-state index is 0.0377. The van der Waals surface area contributed by atoms with Crippen molar-refractivity contribution in [2.45, 2.75) is 23.8 Å². The number of amides is 1. The molecule has 2 N–H and O–H groups in total. The van der Waals surface area contributed by atoms with E-state index in [1.165, 1.54) is 24.3 Å². The second-order valence-corrected chi connectivity index (χ2v) is 10.2. The van der Waals surface area contributed by atoms with Crippen molar-refractivity contribution in [2.24, 2.45) is 0 Å². The van der Waals surface area contributed by atoms with Crippen LogP contribution in [0.4, 0.5) is 5.69 Å². The van der Waals surface area contributed by atoms with E-state index in [-0.39, 0.29) is 16.8 Å². The highest BCUT2D eigenvalue weighted by atomic mass is 32.2. The number of thiazole rings is 1. The fourth-order valence-corrected chi connectivity index (χ4v) is 5.47. The van der Waals surface area contributed by atoms with E-state index in [4.69, 9.17) is 0 Å². The first kappa shape index (κ1) is 19.9. The Bertz CT molecular complexity index is 1340. The van der Waals surface area contributed by atoms with Gasteiger partial charge in [-0.15, -0.1) is 11.3 Å².